The molecule has 0 saturated heterocycles. The Morgan fingerprint density at radius 1 is 1.00 bits per heavy atom. The van der Waals surface area contributed by atoms with E-state index in [2.05, 4.69) is 6.92 Å². The molecule has 0 fully saturated rings. The number of unbranched alkanes of at least 4 members (excludes halogenated alkanes) is 5. The molecule has 0 bridgehead atoms. The Hall–Kier alpha value is -0.320. The van der Waals surface area contributed by atoms with Gasteiger partial charge in [-0.3, -0.25) is 4.79 Å². The summed E-state index contributed by atoms with van der Waals surface area (Å²) in [5.74, 6) is 0.779. The van der Waals surface area contributed by atoms with Gasteiger partial charge in [-0.1, -0.05) is 39.0 Å². The van der Waals surface area contributed by atoms with Crippen LogP contribution in [0.5, 0.6) is 0 Å². The molecule has 0 spiro atoms. The van der Waals surface area contributed by atoms with E-state index < -0.39 is 12.0 Å². The molecule has 0 N–H and O–H groups in total. The third-order valence-corrected chi connectivity index (χ3v) is 4.73. The zero-order valence-corrected chi connectivity index (χ0v) is 16.0. The standard InChI is InChI=1S/C18H34F2O2S/c1-5-6-9-12-15(17(21)22-18(2,3)4)23-14-11-8-7-10-13-16(19)20/h15-16H,5-14H2,1-4H3. The van der Waals surface area contributed by atoms with Crippen molar-refractivity contribution in [3.8, 4) is 0 Å². The fourth-order valence-electron chi connectivity index (χ4n) is 2.20. The van der Waals surface area contributed by atoms with E-state index in [9.17, 15) is 13.6 Å². The largest absolute Gasteiger partial charge is 0.459 e. The predicted molar refractivity (Wildman–Crippen MR) is 95.3 cm³/mol. The van der Waals surface area contributed by atoms with E-state index in [1.807, 2.05) is 20.8 Å². The highest BCUT2D eigenvalue weighted by Gasteiger charge is 2.24. The zero-order valence-electron chi connectivity index (χ0n) is 15.2. The molecule has 0 aromatic rings. The molecule has 23 heavy (non-hydrogen) atoms. The summed E-state index contributed by atoms with van der Waals surface area (Å²) >= 11 is 1.66. The van der Waals surface area contributed by atoms with E-state index in [1.165, 1.54) is 0 Å². The second kappa shape index (κ2) is 13.0. The quantitative estimate of drug-likeness (QED) is 0.290. The first-order chi connectivity index (χ1) is 10.8. The minimum atomic E-state index is -2.18. The van der Waals surface area contributed by atoms with E-state index in [-0.39, 0.29) is 17.6 Å². The van der Waals surface area contributed by atoms with E-state index >= 15 is 0 Å². The molecular weight excluding hydrogens is 318 g/mol. The first kappa shape index (κ1) is 22.7. The van der Waals surface area contributed by atoms with Crippen LogP contribution < -0.4 is 0 Å². The lowest BCUT2D eigenvalue weighted by atomic mass is 10.1. The number of carbonyl (C=O) groups is 1. The molecule has 1 atom stereocenters. The van der Waals surface area contributed by atoms with Gasteiger partial charge in [-0.05, 0) is 45.8 Å². The van der Waals surface area contributed by atoms with Crippen molar-refractivity contribution < 1.29 is 18.3 Å². The van der Waals surface area contributed by atoms with Crippen molar-refractivity contribution in [2.24, 2.45) is 0 Å². The topological polar surface area (TPSA) is 26.3 Å². The maximum absolute atomic E-state index is 12.3. The van der Waals surface area contributed by atoms with Gasteiger partial charge < -0.3 is 4.74 Å². The lowest BCUT2D eigenvalue weighted by Gasteiger charge is -2.23. The summed E-state index contributed by atoms with van der Waals surface area (Å²) in [7, 11) is 0. The van der Waals surface area contributed by atoms with Crippen molar-refractivity contribution in [2.75, 3.05) is 5.75 Å². The Labute approximate surface area is 145 Å². The van der Waals surface area contributed by atoms with Crippen molar-refractivity contribution in [1.82, 2.24) is 0 Å². The molecule has 0 aliphatic rings. The Morgan fingerprint density at radius 3 is 2.17 bits per heavy atom. The van der Waals surface area contributed by atoms with Gasteiger partial charge >= 0.3 is 5.97 Å². The number of ether oxygens (including phenoxy) is 1. The van der Waals surface area contributed by atoms with Crippen molar-refractivity contribution in [1.29, 1.82) is 0 Å². The molecule has 0 amide bonds. The van der Waals surface area contributed by atoms with Gasteiger partial charge in [0.05, 0.1) is 0 Å². The second-order valence-electron chi connectivity index (χ2n) is 6.98. The Morgan fingerprint density at radius 2 is 1.61 bits per heavy atom. The molecule has 0 aromatic carbocycles. The van der Waals surface area contributed by atoms with Gasteiger partial charge in [0.15, 0.2) is 0 Å². The van der Waals surface area contributed by atoms with Gasteiger partial charge in [0.25, 0.3) is 0 Å². The number of thioether (sulfide) groups is 1. The van der Waals surface area contributed by atoms with Crippen LogP contribution in [0.2, 0.25) is 0 Å². The number of rotatable bonds is 13. The number of esters is 1. The maximum Gasteiger partial charge on any atom is 0.319 e. The summed E-state index contributed by atoms with van der Waals surface area (Å²) in [6, 6.07) is 0. The minimum Gasteiger partial charge on any atom is -0.459 e. The van der Waals surface area contributed by atoms with Crippen LogP contribution in [0.1, 0.15) is 85.5 Å². The second-order valence-corrected chi connectivity index (χ2v) is 8.29. The SMILES string of the molecule is CCCCCC(SCCCCCCC(F)F)C(=O)OC(C)(C)C. The van der Waals surface area contributed by atoms with Crippen molar-refractivity contribution >= 4 is 17.7 Å². The molecule has 138 valence electrons. The van der Waals surface area contributed by atoms with Crippen LogP contribution in [0.15, 0.2) is 0 Å². The predicted octanol–water partition coefficient (Wildman–Crippen LogP) is 6.23. The van der Waals surface area contributed by atoms with Gasteiger partial charge in [-0.15, -0.1) is 11.8 Å². The highest BCUT2D eigenvalue weighted by Crippen LogP contribution is 2.23. The average molecular weight is 353 g/mol. The Kier molecular flexibility index (Phi) is 12.8. The van der Waals surface area contributed by atoms with E-state index in [0.717, 1.165) is 50.7 Å². The summed E-state index contributed by atoms with van der Waals surface area (Å²) in [4.78, 5) is 12.3. The molecule has 0 saturated carbocycles. The summed E-state index contributed by atoms with van der Waals surface area (Å²) in [5, 5.41) is -0.0955. The number of hydrogen-bond acceptors (Lipinski definition) is 3. The molecule has 0 aromatic heterocycles. The van der Waals surface area contributed by atoms with Crippen LogP contribution in [-0.2, 0) is 9.53 Å². The van der Waals surface area contributed by atoms with Crippen LogP contribution in [0.4, 0.5) is 8.78 Å². The highest BCUT2D eigenvalue weighted by molar-refractivity contribution is 8.00. The molecule has 2 nitrogen and oxygen atoms in total. The smallest absolute Gasteiger partial charge is 0.319 e. The van der Waals surface area contributed by atoms with Gasteiger partial charge in [0.2, 0.25) is 6.43 Å². The monoisotopic (exact) mass is 352 g/mol. The highest BCUT2D eigenvalue weighted by atomic mass is 32.2. The van der Waals surface area contributed by atoms with Crippen molar-refractivity contribution in [3.63, 3.8) is 0 Å². The van der Waals surface area contributed by atoms with E-state index in [4.69, 9.17) is 4.74 Å². The van der Waals surface area contributed by atoms with Gasteiger partial charge in [-0.25, -0.2) is 8.78 Å². The van der Waals surface area contributed by atoms with Crippen LogP contribution >= 0.6 is 11.8 Å². The van der Waals surface area contributed by atoms with E-state index in [0.29, 0.717) is 6.42 Å². The molecule has 0 aliphatic carbocycles. The Balaban J connectivity index is 4.03. The van der Waals surface area contributed by atoms with Crippen LogP contribution in [-0.4, -0.2) is 29.0 Å². The molecular formula is C18H34F2O2S. The first-order valence-electron chi connectivity index (χ1n) is 8.89. The van der Waals surface area contributed by atoms with E-state index in [1.54, 1.807) is 11.8 Å². The summed E-state index contributed by atoms with van der Waals surface area (Å²) < 4.78 is 29.6. The molecule has 1 unspecified atom stereocenters. The molecule has 0 aliphatic heterocycles. The normalized spacial score (nSPS) is 13.3. The lowest BCUT2D eigenvalue weighted by Crippen LogP contribution is -2.30. The van der Waals surface area contributed by atoms with Crippen molar-refractivity contribution in [3.05, 3.63) is 0 Å². The molecule has 5 heteroatoms. The fraction of sp³-hybridized carbons (Fsp3) is 0.944. The van der Waals surface area contributed by atoms with Crippen LogP contribution in [0, 0.1) is 0 Å². The molecule has 0 heterocycles. The fourth-order valence-corrected chi connectivity index (χ4v) is 3.37. The molecule has 0 radical (unpaired) electrons. The number of carbonyl (C=O) groups excluding carboxylic acids is 1. The Bertz CT molecular complexity index is 304. The average Bonchev–Trinajstić information content (AvgIpc) is 2.42. The maximum atomic E-state index is 12.3. The summed E-state index contributed by atoms with van der Waals surface area (Å²) in [6.45, 7) is 7.82. The number of hydrogen-bond donors (Lipinski definition) is 0. The number of halogens is 2. The summed E-state index contributed by atoms with van der Waals surface area (Å²) in [5.41, 5.74) is -0.448. The number of alkyl halides is 2. The lowest BCUT2D eigenvalue weighted by molar-refractivity contribution is -0.154. The van der Waals surface area contributed by atoms with Crippen LogP contribution in [0.3, 0.4) is 0 Å². The van der Waals surface area contributed by atoms with Gasteiger partial charge in [0.1, 0.15) is 10.9 Å². The minimum absolute atomic E-state index is 0.00466. The first-order valence-corrected chi connectivity index (χ1v) is 9.93. The van der Waals surface area contributed by atoms with Gasteiger partial charge in [0, 0.05) is 6.42 Å². The summed E-state index contributed by atoms with van der Waals surface area (Å²) in [6.07, 6.45) is 5.36. The third-order valence-electron chi connectivity index (χ3n) is 3.38. The van der Waals surface area contributed by atoms with Crippen molar-refractivity contribution in [2.45, 2.75) is 103 Å². The molecule has 0 rings (SSSR count). The van der Waals surface area contributed by atoms with Crippen LogP contribution in [0.25, 0.3) is 0 Å². The zero-order chi connectivity index (χ0) is 17.7. The third kappa shape index (κ3) is 15.0. The van der Waals surface area contributed by atoms with Gasteiger partial charge in [-0.2, -0.15) is 0 Å².